The Balaban J connectivity index is 2.39. The molecule has 6 atom stereocenters. The van der Waals surface area contributed by atoms with Crippen molar-refractivity contribution in [2.45, 2.75) is 218 Å². The van der Waals surface area contributed by atoms with E-state index in [0.717, 1.165) is 38.5 Å². The Hall–Kier alpha value is -2.34. The first-order valence-corrected chi connectivity index (χ1v) is 22.7. The summed E-state index contributed by atoms with van der Waals surface area (Å²) in [4.78, 5) is 25.3. The predicted octanol–water partition coefficient (Wildman–Crippen LogP) is 9.67. The van der Waals surface area contributed by atoms with E-state index in [0.29, 0.717) is 19.3 Å². The van der Waals surface area contributed by atoms with Crippen LogP contribution in [0.3, 0.4) is 0 Å². The van der Waals surface area contributed by atoms with Crippen LogP contribution < -0.4 is 0 Å². The van der Waals surface area contributed by atoms with E-state index in [2.05, 4.69) is 62.5 Å². The number of aliphatic hydroxyl groups excluding tert-OH is 4. The van der Waals surface area contributed by atoms with Crippen molar-refractivity contribution in [2.24, 2.45) is 0 Å². The van der Waals surface area contributed by atoms with Crippen LogP contribution in [0.4, 0.5) is 0 Å². The minimum atomic E-state index is -1.61. The number of unbranched alkanes of at least 4 members (excludes halogenated alkanes) is 18. The van der Waals surface area contributed by atoms with Crippen molar-refractivity contribution in [3.05, 3.63) is 48.6 Å². The van der Waals surface area contributed by atoms with Gasteiger partial charge in [0.25, 0.3) is 0 Å². The molecule has 0 radical (unpaired) electrons. The highest BCUT2D eigenvalue weighted by Gasteiger charge is 2.44. The first-order valence-electron chi connectivity index (χ1n) is 22.7. The second-order valence-corrected chi connectivity index (χ2v) is 15.5. The molecule has 1 fully saturated rings. The number of carbonyl (C=O) groups excluding carboxylic acids is 2. The Morgan fingerprint density at radius 2 is 1.00 bits per heavy atom. The lowest BCUT2D eigenvalue weighted by molar-refractivity contribution is -0.305. The molecular weight excluding hydrogens is 725 g/mol. The van der Waals surface area contributed by atoms with Gasteiger partial charge < -0.3 is 39.4 Å². The summed E-state index contributed by atoms with van der Waals surface area (Å²) in [5, 5.41) is 40.0. The van der Waals surface area contributed by atoms with Crippen molar-refractivity contribution >= 4 is 11.9 Å². The van der Waals surface area contributed by atoms with Crippen LogP contribution in [0.15, 0.2) is 48.6 Å². The van der Waals surface area contributed by atoms with Crippen LogP contribution in [0.2, 0.25) is 0 Å². The Kier molecular flexibility index (Phi) is 35.0. The van der Waals surface area contributed by atoms with Crippen molar-refractivity contribution in [2.75, 3.05) is 19.8 Å². The van der Waals surface area contributed by atoms with Crippen LogP contribution in [-0.2, 0) is 28.5 Å². The average Bonchev–Trinajstić information content (AvgIpc) is 3.21. The summed E-state index contributed by atoms with van der Waals surface area (Å²) in [5.41, 5.74) is 0. The van der Waals surface area contributed by atoms with Crippen molar-refractivity contribution in [3.63, 3.8) is 0 Å². The molecule has 0 aromatic carbocycles. The van der Waals surface area contributed by atoms with Gasteiger partial charge >= 0.3 is 11.9 Å². The van der Waals surface area contributed by atoms with E-state index in [4.69, 9.17) is 18.9 Å². The maximum absolute atomic E-state index is 12.7. The van der Waals surface area contributed by atoms with Gasteiger partial charge in [-0.1, -0.05) is 146 Å². The molecule has 2 unspecified atom stereocenters. The number of carbonyl (C=O) groups is 2. The largest absolute Gasteiger partial charge is 0.462 e. The summed E-state index contributed by atoms with van der Waals surface area (Å²) in [6.07, 6.45) is 37.0. The molecule has 0 aromatic rings. The normalized spacial score (nSPS) is 20.7. The standard InChI is InChI=1S/C47H82O10/c1-3-5-7-9-11-13-15-17-19-20-22-24-26-28-30-32-34-36-43(50)56-40(39-55-47-46(53)45(52)44(51)41(37-48)57-47)38-54-42(49)35-33-31-29-27-25-23-21-18-16-14-12-10-8-6-4-2/h18,21-22,24-25,27-28,30,40-41,44-48,51-53H,3-17,19-20,23,26,29,31-39H2,1-2H3/b21-18+,24-22+,27-25+,30-28+/t40-,41-,44+,45?,46?,47-/m1/s1. The fraction of sp³-hybridized carbons (Fsp3) is 0.787. The number of allylic oxidation sites excluding steroid dienone is 8. The van der Waals surface area contributed by atoms with Crippen molar-refractivity contribution < 1.29 is 49.0 Å². The number of esters is 2. The van der Waals surface area contributed by atoms with Gasteiger partial charge in [0.05, 0.1) is 13.2 Å². The Morgan fingerprint density at radius 1 is 0.544 bits per heavy atom. The van der Waals surface area contributed by atoms with Crippen LogP contribution in [0, 0.1) is 0 Å². The van der Waals surface area contributed by atoms with Crippen LogP contribution in [-0.4, -0.2) is 89.0 Å². The number of hydrogen-bond donors (Lipinski definition) is 4. The Bertz CT molecular complexity index is 1070. The van der Waals surface area contributed by atoms with Gasteiger partial charge in [-0.05, 0) is 70.6 Å². The maximum Gasteiger partial charge on any atom is 0.306 e. The first kappa shape index (κ1) is 52.7. The molecule has 0 aliphatic carbocycles. The van der Waals surface area contributed by atoms with Gasteiger partial charge in [-0.25, -0.2) is 0 Å². The summed E-state index contributed by atoms with van der Waals surface area (Å²) in [5.74, 6) is -0.899. The predicted molar refractivity (Wildman–Crippen MR) is 229 cm³/mol. The monoisotopic (exact) mass is 807 g/mol. The topological polar surface area (TPSA) is 152 Å². The van der Waals surface area contributed by atoms with Gasteiger partial charge in [0, 0.05) is 12.8 Å². The second kappa shape index (κ2) is 37.9. The van der Waals surface area contributed by atoms with Crippen LogP contribution in [0.5, 0.6) is 0 Å². The third-order valence-electron chi connectivity index (χ3n) is 10.2. The second-order valence-electron chi connectivity index (χ2n) is 15.5. The number of aliphatic hydroxyl groups is 4. The molecule has 0 amide bonds. The zero-order valence-electron chi connectivity index (χ0n) is 35.8. The number of hydrogen-bond acceptors (Lipinski definition) is 10. The summed E-state index contributed by atoms with van der Waals surface area (Å²) in [6, 6.07) is 0. The SMILES string of the molecule is CCCCCCCC/C=C/C/C=C/CCCCC(=O)OC[C@H](CO[C@@H]1O[C@H](CO)[C@H](O)C(O)C1O)OC(=O)CCC/C=C/C/C=C/CCCCCCCCCCC. The molecule has 1 saturated heterocycles. The molecule has 4 N–H and O–H groups in total. The van der Waals surface area contributed by atoms with Gasteiger partial charge in [0.2, 0.25) is 0 Å². The maximum atomic E-state index is 12.7. The average molecular weight is 807 g/mol. The van der Waals surface area contributed by atoms with Crippen molar-refractivity contribution in [1.29, 1.82) is 0 Å². The smallest absolute Gasteiger partial charge is 0.306 e. The minimum absolute atomic E-state index is 0.158. The molecule has 330 valence electrons. The van der Waals surface area contributed by atoms with E-state index in [9.17, 15) is 30.0 Å². The fourth-order valence-corrected chi connectivity index (χ4v) is 6.55. The minimum Gasteiger partial charge on any atom is -0.462 e. The highest BCUT2D eigenvalue weighted by molar-refractivity contribution is 5.70. The quantitative estimate of drug-likeness (QED) is 0.0271. The van der Waals surface area contributed by atoms with E-state index in [1.54, 1.807) is 0 Å². The van der Waals surface area contributed by atoms with Gasteiger partial charge in [-0.2, -0.15) is 0 Å². The van der Waals surface area contributed by atoms with Gasteiger partial charge in [-0.3, -0.25) is 9.59 Å². The van der Waals surface area contributed by atoms with E-state index in [-0.39, 0.29) is 26.1 Å². The summed E-state index contributed by atoms with van der Waals surface area (Å²) in [7, 11) is 0. The van der Waals surface area contributed by atoms with Gasteiger partial charge in [-0.15, -0.1) is 0 Å². The van der Waals surface area contributed by atoms with Crippen molar-refractivity contribution in [3.8, 4) is 0 Å². The lowest BCUT2D eigenvalue weighted by atomic mass is 9.99. The number of rotatable bonds is 37. The van der Waals surface area contributed by atoms with Gasteiger partial charge in [0.15, 0.2) is 12.4 Å². The molecule has 1 rings (SSSR count). The highest BCUT2D eigenvalue weighted by atomic mass is 16.7. The van der Waals surface area contributed by atoms with Crippen LogP contribution in [0.25, 0.3) is 0 Å². The summed E-state index contributed by atoms with van der Waals surface area (Å²) >= 11 is 0. The van der Waals surface area contributed by atoms with E-state index >= 15 is 0 Å². The third-order valence-corrected chi connectivity index (χ3v) is 10.2. The summed E-state index contributed by atoms with van der Waals surface area (Å²) < 4.78 is 22.1. The van der Waals surface area contributed by atoms with E-state index in [1.165, 1.54) is 96.3 Å². The molecule has 10 heteroatoms. The molecular formula is C47H82O10. The first-order chi connectivity index (χ1) is 27.8. The number of ether oxygens (including phenoxy) is 4. The molecule has 1 aliphatic heterocycles. The third kappa shape index (κ3) is 29.5. The lowest BCUT2D eigenvalue weighted by Crippen LogP contribution is -2.59. The van der Waals surface area contributed by atoms with E-state index < -0.39 is 55.4 Å². The van der Waals surface area contributed by atoms with Gasteiger partial charge in [0.1, 0.15) is 31.0 Å². The summed E-state index contributed by atoms with van der Waals surface area (Å²) in [6.45, 7) is 3.34. The molecule has 57 heavy (non-hydrogen) atoms. The molecule has 0 aromatic heterocycles. The zero-order chi connectivity index (χ0) is 41.6. The van der Waals surface area contributed by atoms with E-state index in [1.807, 2.05) is 0 Å². The lowest BCUT2D eigenvalue weighted by Gasteiger charge is -2.39. The molecule has 10 nitrogen and oxygen atoms in total. The highest BCUT2D eigenvalue weighted by Crippen LogP contribution is 2.22. The molecule has 0 saturated carbocycles. The molecule has 0 bridgehead atoms. The Labute approximate surface area is 346 Å². The molecule has 1 heterocycles. The zero-order valence-corrected chi connectivity index (χ0v) is 35.8. The molecule has 1 aliphatic rings. The molecule has 0 spiro atoms. The van der Waals surface area contributed by atoms with Crippen LogP contribution >= 0.6 is 0 Å². The van der Waals surface area contributed by atoms with Crippen LogP contribution in [0.1, 0.15) is 181 Å². The Morgan fingerprint density at radius 3 is 1.51 bits per heavy atom. The van der Waals surface area contributed by atoms with Crippen molar-refractivity contribution in [1.82, 2.24) is 0 Å². The fourth-order valence-electron chi connectivity index (χ4n) is 6.55.